The molecular formula is C14H5ClF7NO4S. The third-order valence-electron chi connectivity index (χ3n) is 3.27. The molecule has 1 amide bonds. The number of benzene rings is 2. The Labute approximate surface area is 156 Å². The number of amides is 1. The van der Waals surface area contributed by atoms with Crippen LogP contribution in [0.25, 0.3) is 0 Å². The molecule has 0 atom stereocenters. The summed E-state index contributed by atoms with van der Waals surface area (Å²) in [6, 6.07) is 1.28. The molecule has 5 nitrogen and oxygen atoms in total. The quantitative estimate of drug-likeness (QED) is 0.417. The molecule has 2 rings (SSSR count). The highest BCUT2D eigenvalue weighted by Crippen LogP contribution is 2.35. The van der Waals surface area contributed by atoms with Crippen LogP contribution in [0.3, 0.4) is 0 Å². The third kappa shape index (κ3) is 3.58. The van der Waals surface area contributed by atoms with E-state index >= 15 is 0 Å². The highest BCUT2D eigenvalue weighted by Gasteiger charge is 2.47. The second-order valence-electron chi connectivity index (χ2n) is 5.02. The Morgan fingerprint density at radius 2 is 1.54 bits per heavy atom. The number of hydrogen-bond donors (Lipinski definition) is 2. The zero-order valence-corrected chi connectivity index (χ0v) is 14.4. The molecule has 2 N–H and O–H groups in total. The van der Waals surface area contributed by atoms with Crippen molar-refractivity contribution in [2.45, 2.75) is 10.4 Å². The van der Waals surface area contributed by atoms with Crippen LogP contribution in [-0.4, -0.2) is 24.9 Å². The minimum absolute atomic E-state index is 0.308. The minimum Gasteiger partial charge on any atom is -0.504 e. The molecule has 2 aromatic carbocycles. The standard InChI is InChI=1S/C14H5ClF7NO4S/c15-5-3-4(28(26,27)14(20,21)22)1-2-6(5)23-13(25)7-8(16)9(17)10(18)11(19)12(7)24/h1-3,24H,(H,23,25). The molecule has 0 bridgehead atoms. The van der Waals surface area contributed by atoms with Gasteiger partial charge < -0.3 is 10.4 Å². The number of nitrogens with one attached hydrogen (secondary N) is 1. The molecule has 0 aromatic heterocycles. The highest BCUT2D eigenvalue weighted by molar-refractivity contribution is 7.92. The molecule has 0 spiro atoms. The number of carbonyl (C=O) groups is 1. The fourth-order valence-electron chi connectivity index (χ4n) is 1.91. The summed E-state index contributed by atoms with van der Waals surface area (Å²) >= 11 is 5.57. The molecule has 0 radical (unpaired) electrons. The lowest BCUT2D eigenvalue weighted by Crippen LogP contribution is -2.23. The largest absolute Gasteiger partial charge is 0.504 e. The monoisotopic (exact) mass is 451 g/mol. The smallest absolute Gasteiger partial charge is 0.501 e. The fraction of sp³-hybridized carbons (Fsp3) is 0.0714. The molecule has 2 aromatic rings. The number of hydrogen-bond acceptors (Lipinski definition) is 4. The van der Waals surface area contributed by atoms with E-state index in [1.54, 1.807) is 5.32 Å². The summed E-state index contributed by atoms with van der Waals surface area (Å²) in [5.74, 6) is -12.9. The maximum atomic E-state index is 13.7. The molecule has 0 fully saturated rings. The lowest BCUT2D eigenvalue weighted by molar-refractivity contribution is -0.0436. The third-order valence-corrected chi connectivity index (χ3v) is 5.07. The van der Waals surface area contributed by atoms with E-state index in [-0.39, 0.29) is 0 Å². The number of sulfone groups is 1. The summed E-state index contributed by atoms with van der Waals surface area (Å²) < 4.78 is 113. The van der Waals surface area contributed by atoms with Gasteiger partial charge in [-0.1, -0.05) is 11.6 Å². The number of carbonyl (C=O) groups excluding carboxylic acids is 1. The first-order valence-corrected chi connectivity index (χ1v) is 8.53. The van der Waals surface area contributed by atoms with Gasteiger partial charge in [0.05, 0.1) is 15.6 Å². The van der Waals surface area contributed by atoms with E-state index < -0.39 is 71.4 Å². The van der Waals surface area contributed by atoms with Crippen molar-refractivity contribution in [1.29, 1.82) is 0 Å². The van der Waals surface area contributed by atoms with Crippen molar-refractivity contribution in [3.8, 4) is 5.75 Å². The minimum atomic E-state index is -5.76. The molecule has 152 valence electrons. The Morgan fingerprint density at radius 1 is 1.00 bits per heavy atom. The van der Waals surface area contributed by atoms with Gasteiger partial charge in [0, 0.05) is 0 Å². The summed E-state index contributed by atoms with van der Waals surface area (Å²) in [5, 5.41) is 10.2. The molecule has 0 heterocycles. The van der Waals surface area contributed by atoms with Gasteiger partial charge in [0.25, 0.3) is 15.7 Å². The number of halogens is 8. The van der Waals surface area contributed by atoms with Crippen molar-refractivity contribution in [2.75, 3.05) is 5.32 Å². The molecule has 28 heavy (non-hydrogen) atoms. The second kappa shape index (κ2) is 7.13. The summed E-state index contributed by atoms with van der Waals surface area (Å²) in [6.45, 7) is 0. The molecular weight excluding hydrogens is 447 g/mol. The topological polar surface area (TPSA) is 83.5 Å². The SMILES string of the molecule is O=C(Nc1ccc(S(=O)(=O)C(F)(F)F)cc1Cl)c1c(O)c(F)c(F)c(F)c1F. The van der Waals surface area contributed by atoms with E-state index in [4.69, 9.17) is 11.6 Å². The predicted molar refractivity (Wildman–Crippen MR) is 80.6 cm³/mol. The van der Waals surface area contributed by atoms with Gasteiger partial charge in [0.1, 0.15) is 5.56 Å². The second-order valence-corrected chi connectivity index (χ2v) is 7.37. The van der Waals surface area contributed by atoms with E-state index in [1.807, 2.05) is 0 Å². The van der Waals surface area contributed by atoms with Crippen molar-refractivity contribution < 1.29 is 49.1 Å². The molecule has 0 aliphatic rings. The van der Waals surface area contributed by atoms with Gasteiger partial charge in [-0.2, -0.15) is 17.6 Å². The van der Waals surface area contributed by atoms with Crippen molar-refractivity contribution in [2.24, 2.45) is 0 Å². The Kier molecular flexibility index (Phi) is 5.54. The maximum absolute atomic E-state index is 13.7. The van der Waals surface area contributed by atoms with E-state index in [0.29, 0.717) is 18.2 Å². The maximum Gasteiger partial charge on any atom is 0.501 e. The van der Waals surface area contributed by atoms with Crippen LogP contribution in [0.4, 0.5) is 36.4 Å². The van der Waals surface area contributed by atoms with Gasteiger partial charge in [-0.05, 0) is 18.2 Å². The average molecular weight is 452 g/mol. The number of phenols is 1. The van der Waals surface area contributed by atoms with Gasteiger partial charge in [0.15, 0.2) is 17.4 Å². The van der Waals surface area contributed by atoms with Crippen LogP contribution in [0.15, 0.2) is 23.1 Å². The zero-order chi connectivity index (χ0) is 21.6. The lowest BCUT2D eigenvalue weighted by Gasteiger charge is -2.12. The van der Waals surface area contributed by atoms with Crippen molar-refractivity contribution >= 4 is 33.0 Å². The highest BCUT2D eigenvalue weighted by atomic mass is 35.5. The number of phenolic OH excluding ortho intramolecular Hbond substituents is 1. The fourth-order valence-corrected chi connectivity index (χ4v) is 2.99. The lowest BCUT2D eigenvalue weighted by atomic mass is 10.1. The van der Waals surface area contributed by atoms with Gasteiger partial charge in [-0.25, -0.2) is 21.6 Å². The first-order valence-electron chi connectivity index (χ1n) is 6.67. The van der Waals surface area contributed by atoms with Crippen molar-refractivity contribution in [3.05, 3.63) is 52.1 Å². The Hall–Kier alpha value is -2.54. The van der Waals surface area contributed by atoms with Crippen LogP contribution in [0.1, 0.15) is 10.4 Å². The predicted octanol–water partition coefficient (Wildman–Crippen LogP) is 4.15. The van der Waals surface area contributed by atoms with E-state index in [2.05, 4.69) is 0 Å². The Balaban J connectivity index is 2.45. The number of alkyl halides is 3. The van der Waals surface area contributed by atoms with Gasteiger partial charge in [-0.15, -0.1) is 0 Å². The van der Waals surface area contributed by atoms with Gasteiger partial charge in [-0.3, -0.25) is 4.79 Å². The van der Waals surface area contributed by atoms with Gasteiger partial charge >= 0.3 is 5.51 Å². The summed E-state index contributed by atoms with van der Waals surface area (Å²) in [6.07, 6.45) is 0. The summed E-state index contributed by atoms with van der Waals surface area (Å²) in [4.78, 5) is 10.7. The van der Waals surface area contributed by atoms with Crippen molar-refractivity contribution in [3.63, 3.8) is 0 Å². The molecule has 0 unspecified atom stereocenters. The Bertz CT molecular complexity index is 1060. The van der Waals surface area contributed by atoms with Crippen LogP contribution in [0.5, 0.6) is 5.75 Å². The van der Waals surface area contributed by atoms with Crippen molar-refractivity contribution in [1.82, 2.24) is 0 Å². The van der Waals surface area contributed by atoms with E-state index in [1.165, 1.54) is 0 Å². The first-order chi connectivity index (χ1) is 12.7. The summed E-state index contributed by atoms with van der Waals surface area (Å²) in [5.41, 5.74) is -7.89. The van der Waals surface area contributed by atoms with Crippen LogP contribution in [0, 0.1) is 23.3 Å². The van der Waals surface area contributed by atoms with Crippen LogP contribution >= 0.6 is 11.6 Å². The molecule has 0 aliphatic carbocycles. The van der Waals surface area contributed by atoms with Crippen LogP contribution < -0.4 is 5.32 Å². The van der Waals surface area contributed by atoms with Gasteiger partial charge in [0.2, 0.25) is 11.6 Å². The van der Waals surface area contributed by atoms with Crippen LogP contribution in [-0.2, 0) is 9.84 Å². The summed E-state index contributed by atoms with van der Waals surface area (Å²) in [7, 11) is -5.76. The normalized spacial score (nSPS) is 12.1. The van der Waals surface area contributed by atoms with E-state index in [0.717, 1.165) is 0 Å². The average Bonchev–Trinajstić information content (AvgIpc) is 2.59. The first kappa shape index (κ1) is 21.8. The number of rotatable bonds is 3. The molecule has 0 saturated carbocycles. The van der Waals surface area contributed by atoms with E-state index in [9.17, 15) is 49.1 Å². The van der Waals surface area contributed by atoms with Crippen LogP contribution in [0.2, 0.25) is 5.02 Å². The molecule has 0 saturated heterocycles. The zero-order valence-electron chi connectivity index (χ0n) is 12.8. The number of anilines is 1. The number of aromatic hydroxyl groups is 1. The molecule has 0 aliphatic heterocycles. The Morgan fingerprint density at radius 3 is 2.04 bits per heavy atom. The molecule has 14 heteroatoms.